The summed E-state index contributed by atoms with van der Waals surface area (Å²) in [5.41, 5.74) is 14.5. The highest BCUT2D eigenvalue weighted by Crippen LogP contribution is 2.57. The molecular formula is C53H34N4. The van der Waals surface area contributed by atoms with Crippen LogP contribution >= 0.6 is 0 Å². The van der Waals surface area contributed by atoms with E-state index in [1.54, 1.807) is 0 Å². The van der Waals surface area contributed by atoms with Crippen molar-refractivity contribution >= 4 is 0 Å². The van der Waals surface area contributed by atoms with Crippen LogP contribution in [0.3, 0.4) is 0 Å². The zero-order valence-corrected chi connectivity index (χ0v) is 30.9. The molecule has 266 valence electrons. The maximum atomic E-state index is 9.70. The summed E-state index contributed by atoms with van der Waals surface area (Å²) in [6, 6.07) is 74.2. The molecule has 4 heteroatoms. The van der Waals surface area contributed by atoms with Crippen LogP contribution in [0.1, 0.15) is 27.8 Å². The second kappa shape index (κ2) is 14.2. The second-order valence-corrected chi connectivity index (χ2v) is 14.3. The van der Waals surface area contributed by atoms with Gasteiger partial charge < -0.3 is 0 Å². The molecule has 0 saturated carbocycles. The van der Waals surface area contributed by atoms with E-state index in [1.807, 2.05) is 78.9 Å². The molecule has 57 heavy (non-hydrogen) atoms. The molecule has 1 aliphatic carbocycles. The van der Waals surface area contributed by atoms with E-state index < -0.39 is 5.41 Å². The third-order valence-electron chi connectivity index (χ3n) is 11.1. The van der Waals surface area contributed by atoms with Gasteiger partial charge in [-0.05, 0) is 79.9 Å². The van der Waals surface area contributed by atoms with Crippen molar-refractivity contribution in [2.75, 3.05) is 0 Å². The first-order valence-electron chi connectivity index (χ1n) is 19.1. The highest BCUT2D eigenvalue weighted by atomic mass is 15.0. The number of hydrogen-bond donors (Lipinski definition) is 0. The third kappa shape index (κ3) is 5.90. The van der Waals surface area contributed by atoms with E-state index in [9.17, 15) is 5.26 Å². The van der Waals surface area contributed by atoms with Gasteiger partial charge in [-0.3, -0.25) is 0 Å². The lowest BCUT2D eigenvalue weighted by molar-refractivity contribution is 0.769. The lowest BCUT2D eigenvalue weighted by Crippen LogP contribution is -2.28. The molecule has 0 atom stereocenters. The standard InChI is InChI=1S/C53H34N4/c54-35-36-14-13-19-41(32-36)43-29-31-47-46-30-28-42(33-48(46)53(49(47)34-43,44-20-9-3-10-21-44)45-22-11-4-12-23-45)37-24-26-40(27-25-37)52-56-50(38-15-5-1-6-16-38)55-51(57-52)39-17-7-2-8-18-39/h1-34H. The molecule has 0 fully saturated rings. The van der Waals surface area contributed by atoms with Crippen LogP contribution in [0.25, 0.3) is 67.5 Å². The van der Waals surface area contributed by atoms with Gasteiger partial charge in [0.2, 0.25) is 0 Å². The van der Waals surface area contributed by atoms with Gasteiger partial charge in [0.05, 0.1) is 17.0 Å². The van der Waals surface area contributed by atoms with Crippen molar-refractivity contribution in [2.24, 2.45) is 0 Å². The molecule has 1 aliphatic rings. The van der Waals surface area contributed by atoms with Crippen LogP contribution in [-0.2, 0) is 5.41 Å². The van der Waals surface area contributed by atoms with Crippen LogP contribution in [-0.4, -0.2) is 15.0 Å². The quantitative estimate of drug-likeness (QED) is 0.164. The van der Waals surface area contributed by atoms with Gasteiger partial charge >= 0.3 is 0 Å². The van der Waals surface area contributed by atoms with Crippen LogP contribution in [0, 0.1) is 11.3 Å². The van der Waals surface area contributed by atoms with Gasteiger partial charge in [0.25, 0.3) is 0 Å². The van der Waals surface area contributed by atoms with Crippen molar-refractivity contribution in [3.8, 4) is 73.6 Å². The highest BCUT2D eigenvalue weighted by molar-refractivity contribution is 5.90. The smallest absolute Gasteiger partial charge is 0.164 e. The van der Waals surface area contributed by atoms with Crippen LogP contribution in [0.2, 0.25) is 0 Å². The SMILES string of the molecule is N#Cc1cccc(-c2ccc3c(c2)C(c2ccccc2)(c2ccccc2)c2cc(-c4ccc(-c5nc(-c6ccccc6)nc(-c6ccccc6)n5)cc4)ccc2-3)c1. The lowest BCUT2D eigenvalue weighted by atomic mass is 9.67. The van der Waals surface area contributed by atoms with E-state index >= 15 is 0 Å². The summed E-state index contributed by atoms with van der Waals surface area (Å²) in [5.74, 6) is 1.91. The Kier molecular flexibility index (Phi) is 8.39. The molecule has 0 amide bonds. The number of benzene rings is 8. The predicted molar refractivity (Wildman–Crippen MR) is 229 cm³/mol. The van der Waals surface area contributed by atoms with Gasteiger partial charge in [-0.25, -0.2) is 15.0 Å². The van der Waals surface area contributed by atoms with Crippen molar-refractivity contribution in [1.82, 2.24) is 15.0 Å². The van der Waals surface area contributed by atoms with Gasteiger partial charge in [-0.15, -0.1) is 0 Å². The summed E-state index contributed by atoms with van der Waals surface area (Å²) in [5, 5.41) is 9.70. The summed E-state index contributed by atoms with van der Waals surface area (Å²) in [6.07, 6.45) is 0. The molecule has 4 nitrogen and oxygen atoms in total. The van der Waals surface area contributed by atoms with Gasteiger partial charge in [-0.1, -0.05) is 182 Å². The fourth-order valence-electron chi connectivity index (χ4n) is 8.37. The zero-order valence-electron chi connectivity index (χ0n) is 30.9. The average Bonchev–Trinajstić information content (AvgIpc) is 3.60. The van der Waals surface area contributed by atoms with E-state index in [4.69, 9.17) is 15.0 Å². The molecule has 0 bridgehead atoms. The first-order valence-corrected chi connectivity index (χ1v) is 19.1. The topological polar surface area (TPSA) is 62.5 Å². The Morgan fingerprint density at radius 2 is 0.702 bits per heavy atom. The molecule has 10 rings (SSSR count). The molecule has 0 saturated heterocycles. The first kappa shape index (κ1) is 33.8. The van der Waals surface area contributed by atoms with Crippen LogP contribution in [0.4, 0.5) is 0 Å². The number of nitrogens with zero attached hydrogens (tertiary/aromatic N) is 4. The summed E-state index contributed by atoms with van der Waals surface area (Å²) < 4.78 is 0. The Labute approximate surface area is 332 Å². The van der Waals surface area contributed by atoms with Crippen molar-refractivity contribution in [1.29, 1.82) is 5.26 Å². The number of nitriles is 1. The highest BCUT2D eigenvalue weighted by Gasteiger charge is 2.46. The molecule has 0 spiro atoms. The van der Waals surface area contributed by atoms with E-state index in [-0.39, 0.29) is 0 Å². The summed E-state index contributed by atoms with van der Waals surface area (Å²) in [7, 11) is 0. The monoisotopic (exact) mass is 726 g/mol. The number of aromatic nitrogens is 3. The zero-order chi connectivity index (χ0) is 38.2. The minimum absolute atomic E-state index is 0.585. The number of hydrogen-bond acceptors (Lipinski definition) is 4. The normalized spacial score (nSPS) is 12.3. The lowest BCUT2D eigenvalue weighted by Gasteiger charge is -2.34. The van der Waals surface area contributed by atoms with Crippen molar-refractivity contribution in [2.45, 2.75) is 5.41 Å². The molecule has 0 unspecified atom stereocenters. The van der Waals surface area contributed by atoms with E-state index in [2.05, 4.69) is 133 Å². The summed E-state index contributed by atoms with van der Waals surface area (Å²) in [4.78, 5) is 14.8. The fourth-order valence-corrected chi connectivity index (χ4v) is 8.37. The van der Waals surface area contributed by atoms with Gasteiger partial charge in [0, 0.05) is 16.7 Å². The molecule has 9 aromatic rings. The minimum Gasteiger partial charge on any atom is -0.208 e. The van der Waals surface area contributed by atoms with Crippen LogP contribution in [0.15, 0.2) is 206 Å². The van der Waals surface area contributed by atoms with E-state index in [0.29, 0.717) is 23.0 Å². The Hall–Kier alpha value is -7.74. The van der Waals surface area contributed by atoms with E-state index in [1.165, 1.54) is 33.4 Å². The van der Waals surface area contributed by atoms with Gasteiger partial charge in [0.1, 0.15) is 0 Å². The molecule has 1 aromatic heterocycles. The number of rotatable bonds is 7. The van der Waals surface area contributed by atoms with Crippen LogP contribution in [0.5, 0.6) is 0 Å². The Morgan fingerprint density at radius 1 is 0.333 bits per heavy atom. The van der Waals surface area contributed by atoms with E-state index in [0.717, 1.165) is 38.9 Å². The van der Waals surface area contributed by atoms with Gasteiger partial charge in [0.15, 0.2) is 17.5 Å². The molecule has 0 aliphatic heterocycles. The minimum atomic E-state index is -0.585. The maximum absolute atomic E-state index is 9.70. The molecule has 8 aromatic carbocycles. The van der Waals surface area contributed by atoms with Gasteiger partial charge in [-0.2, -0.15) is 5.26 Å². The molecular weight excluding hydrogens is 693 g/mol. The van der Waals surface area contributed by atoms with Crippen LogP contribution < -0.4 is 0 Å². The van der Waals surface area contributed by atoms with Crippen molar-refractivity contribution < 1.29 is 0 Å². The Morgan fingerprint density at radius 3 is 1.18 bits per heavy atom. The first-order chi connectivity index (χ1) is 28.2. The number of fused-ring (bicyclic) bond motifs is 3. The Bertz CT molecular complexity index is 2840. The fraction of sp³-hybridized carbons (Fsp3) is 0.0189. The average molecular weight is 727 g/mol. The molecule has 0 N–H and O–H groups in total. The molecule has 0 radical (unpaired) electrons. The van der Waals surface area contributed by atoms with Crippen molar-refractivity contribution in [3.05, 3.63) is 234 Å². The third-order valence-corrected chi connectivity index (χ3v) is 11.1. The predicted octanol–water partition coefficient (Wildman–Crippen LogP) is 12.4. The molecule has 1 heterocycles. The summed E-state index contributed by atoms with van der Waals surface area (Å²) in [6.45, 7) is 0. The second-order valence-electron chi connectivity index (χ2n) is 14.3. The largest absolute Gasteiger partial charge is 0.208 e. The summed E-state index contributed by atoms with van der Waals surface area (Å²) >= 11 is 0. The maximum Gasteiger partial charge on any atom is 0.164 e. The Balaban J connectivity index is 1.11. The van der Waals surface area contributed by atoms with Crippen molar-refractivity contribution in [3.63, 3.8) is 0 Å².